The van der Waals surface area contributed by atoms with Gasteiger partial charge in [0.1, 0.15) is 18.2 Å². The summed E-state index contributed by atoms with van der Waals surface area (Å²) in [6.45, 7) is 8.75. The number of benzene rings is 2. The van der Waals surface area contributed by atoms with Crippen LogP contribution in [-0.4, -0.2) is 83.6 Å². The van der Waals surface area contributed by atoms with E-state index in [1.165, 1.54) is 11.0 Å². The number of carbonyl (C=O) groups excluding carboxylic acids is 1. The Morgan fingerprint density at radius 1 is 1.20 bits per heavy atom. The van der Waals surface area contributed by atoms with Crippen LogP contribution in [0.4, 0.5) is 20.3 Å². The van der Waals surface area contributed by atoms with Crippen LogP contribution in [0.3, 0.4) is 0 Å². The van der Waals surface area contributed by atoms with Crippen molar-refractivity contribution in [3.63, 3.8) is 0 Å². The Kier molecular flexibility index (Phi) is 9.03. The Hall–Kier alpha value is -4.01. The molecule has 2 fully saturated rings. The Morgan fingerprint density at radius 2 is 2.02 bits per heavy atom. The SMILES string of the molecule is C=C(F)C(=O)N1CCN(c2nc(OCC3(CC)CCCN3C)nc3c2CCN(c2cccc4ccc(F)c(Cl)c24)C3)C[C@@H]1CC#N. The molecule has 1 unspecified atom stereocenters. The van der Waals surface area contributed by atoms with E-state index in [-0.39, 0.29) is 29.5 Å². The number of halogens is 3. The second-order valence-corrected chi connectivity index (χ2v) is 12.8. The molecule has 2 aromatic carbocycles. The third kappa shape index (κ3) is 5.84. The molecule has 0 aliphatic carbocycles. The Morgan fingerprint density at radius 3 is 2.74 bits per heavy atom. The first-order valence-corrected chi connectivity index (χ1v) is 16.2. The summed E-state index contributed by atoms with van der Waals surface area (Å²) in [7, 11) is 2.12. The van der Waals surface area contributed by atoms with Crippen LogP contribution >= 0.6 is 11.6 Å². The van der Waals surface area contributed by atoms with Gasteiger partial charge in [0.2, 0.25) is 0 Å². The lowest BCUT2D eigenvalue weighted by molar-refractivity contribution is -0.131. The molecule has 12 heteroatoms. The van der Waals surface area contributed by atoms with Crippen LogP contribution in [0.1, 0.15) is 43.9 Å². The Labute approximate surface area is 273 Å². The van der Waals surface area contributed by atoms with Crippen molar-refractivity contribution in [2.24, 2.45) is 0 Å². The van der Waals surface area contributed by atoms with E-state index in [9.17, 15) is 18.8 Å². The molecule has 0 N–H and O–H groups in total. The first kappa shape index (κ1) is 32.0. The number of piperazine rings is 1. The summed E-state index contributed by atoms with van der Waals surface area (Å²) >= 11 is 6.50. The standard InChI is InChI=1S/C34H38ClF2N7O2/c1-4-34(13-6-15-41(34)3)21-46-33-39-27-20-42(28-8-5-7-23-9-10-26(37)30(35)29(23)28)16-12-25(27)31(40-33)43-17-18-44(32(45)22(2)36)24(19-43)11-14-38/h5,7-10,24H,2,4,6,11-13,15-21H2,1,3H3/t24-,34?/m0/s1. The number of rotatable bonds is 8. The second-order valence-electron chi connectivity index (χ2n) is 12.4. The third-order valence-electron chi connectivity index (χ3n) is 9.95. The third-order valence-corrected chi connectivity index (χ3v) is 10.3. The number of aromatic nitrogens is 2. The van der Waals surface area contributed by atoms with Gasteiger partial charge in [0.25, 0.3) is 5.91 Å². The minimum atomic E-state index is -1.04. The normalized spacial score (nSPS) is 21.7. The number of carbonyl (C=O) groups is 1. The summed E-state index contributed by atoms with van der Waals surface area (Å²) in [5, 5.41) is 11.1. The zero-order valence-corrected chi connectivity index (χ0v) is 27.0. The van der Waals surface area contributed by atoms with Gasteiger partial charge in [-0.15, -0.1) is 0 Å². The van der Waals surface area contributed by atoms with E-state index in [1.807, 2.05) is 18.2 Å². The van der Waals surface area contributed by atoms with E-state index in [1.54, 1.807) is 6.07 Å². The maximum absolute atomic E-state index is 14.6. The van der Waals surface area contributed by atoms with Gasteiger partial charge in [0, 0.05) is 42.8 Å². The molecule has 3 aliphatic rings. The molecule has 0 radical (unpaired) electrons. The first-order valence-electron chi connectivity index (χ1n) is 15.8. The molecule has 3 aromatic rings. The average molecular weight is 650 g/mol. The smallest absolute Gasteiger partial charge is 0.318 e. The minimum absolute atomic E-state index is 0.0453. The summed E-state index contributed by atoms with van der Waals surface area (Å²) in [5.74, 6) is -1.61. The highest BCUT2D eigenvalue weighted by atomic mass is 35.5. The molecule has 2 saturated heterocycles. The number of fused-ring (bicyclic) bond motifs is 2. The number of hydrogen-bond donors (Lipinski definition) is 0. The van der Waals surface area contributed by atoms with Gasteiger partial charge in [0.15, 0.2) is 5.83 Å². The van der Waals surface area contributed by atoms with E-state index in [0.717, 1.165) is 48.1 Å². The molecular formula is C34H38ClF2N7O2. The van der Waals surface area contributed by atoms with Crippen molar-refractivity contribution in [2.75, 3.05) is 56.2 Å². The number of hydrogen-bond acceptors (Lipinski definition) is 8. The summed E-state index contributed by atoms with van der Waals surface area (Å²) in [5.41, 5.74) is 2.46. The summed E-state index contributed by atoms with van der Waals surface area (Å²) in [6, 6.07) is 10.8. The van der Waals surface area contributed by atoms with Gasteiger partial charge in [-0.1, -0.05) is 43.3 Å². The zero-order chi connectivity index (χ0) is 32.6. The topological polar surface area (TPSA) is 88.8 Å². The largest absolute Gasteiger partial charge is 0.461 e. The molecule has 242 valence electrons. The number of amides is 1. The molecular weight excluding hydrogens is 612 g/mol. The summed E-state index contributed by atoms with van der Waals surface area (Å²) in [4.78, 5) is 30.4. The van der Waals surface area contributed by atoms with E-state index in [2.05, 4.69) is 41.3 Å². The lowest BCUT2D eigenvalue weighted by Gasteiger charge is -2.42. The Bertz CT molecular complexity index is 1710. The van der Waals surface area contributed by atoms with Crippen LogP contribution in [-0.2, 0) is 17.8 Å². The fourth-order valence-electron chi connectivity index (χ4n) is 7.23. The van der Waals surface area contributed by atoms with Crippen molar-refractivity contribution in [3.8, 4) is 12.1 Å². The van der Waals surface area contributed by atoms with Gasteiger partial charge in [-0.25, -0.2) is 8.78 Å². The van der Waals surface area contributed by atoms with E-state index in [0.29, 0.717) is 50.4 Å². The monoisotopic (exact) mass is 649 g/mol. The number of ether oxygens (including phenoxy) is 1. The highest BCUT2D eigenvalue weighted by molar-refractivity contribution is 6.36. The number of likely N-dealkylation sites (tertiary alicyclic amines) is 1. The van der Waals surface area contributed by atoms with Crippen molar-refractivity contribution < 1.29 is 18.3 Å². The van der Waals surface area contributed by atoms with Crippen molar-refractivity contribution >= 4 is 39.8 Å². The first-order chi connectivity index (χ1) is 22.2. The molecule has 46 heavy (non-hydrogen) atoms. The maximum Gasteiger partial charge on any atom is 0.318 e. The average Bonchev–Trinajstić information content (AvgIpc) is 3.44. The predicted molar refractivity (Wildman–Crippen MR) is 174 cm³/mol. The van der Waals surface area contributed by atoms with Crippen LogP contribution in [0.25, 0.3) is 10.8 Å². The fraction of sp³-hybridized carbons (Fsp3) is 0.471. The summed E-state index contributed by atoms with van der Waals surface area (Å²) < 4.78 is 34.9. The Balaban J connectivity index is 1.37. The lowest BCUT2D eigenvalue weighted by Crippen LogP contribution is -2.55. The molecule has 0 spiro atoms. The molecule has 3 aliphatic heterocycles. The molecule has 9 nitrogen and oxygen atoms in total. The number of anilines is 2. The molecule has 0 saturated carbocycles. The van der Waals surface area contributed by atoms with Crippen molar-refractivity contribution in [1.29, 1.82) is 5.26 Å². The van der Waals surface area contributed by atoms with Crippen molar-refractivity contribution in [3.05, 3.63) is 64.8 Å². The zero-order valence-electron chi connectivity index (χ0n) is 26.2. The molecule has 2 atom stereocenters. The second kappa shape index (κ2) is 13.0. The van der Waals surface area contributed by atoms with Crippen molar-refractivity contribution in [2.45, 2.75) is 57.2 Å². The lowest BCUT2D eigenvalue weighted by atomic mass is 9.94. The number of likely N-dealkylation sites (N-methyl/N-ethyl adjacent to an activating group) is 1. The van der Waals surface area contributed by atoms with Crippen LogP contribution in [0.15, 0.2) is 42.7 Å². The minimum Gasteiger partial charge on any atom is -0.461 e. The van der Waals surface area contributed by atoms with Gasteiger partial charge in [-0.05, 0) is 56.8 Å². The highest BCUT2D eigenvalue weighted by Crippen LogP contribution is 2.39. The van der Waals surface area contributed by atoms with Gasteiger partial charge < -0.3 is 19.4 Å². The predicted octanol–water partition coefficient (Wildman–Crippen LogP) is 5.65. The van der Waals surface area contributed by atoms with Crippen LogP contribution < -0.4 is 14.5 Å². The van der Waals surface area contributed by atoms with Crippen molar-refractivity contribution in [1.82, 2.24) is 19.8 Å². The van der Waals surface area contributed by atoms with Gasteiger partial charge in [-0.2, -0.15) is 15.2 Å². The van der Waals surface area contributed by atoms with Crippen LogP contribution in [0.2, 0.25) is 5.02 Å². The van der Waals surface area contributed by atoms with Gasteiger partial charge in [0.05, 0.1) is 41.3 Å². The number of nitriles is 1. The quantitative estimate of drug-likeness (QED) is 0.289. The number of nitrogens with zero attached hydrogens (tertiary/aromatic N) is 7. The molecule has 1 amide bonds. The maximum atomic E-state index is 14.6. The molecule has 0 bridgehead atoms. The van der Waals surface area contributed by atoms with Crippen LogP contribution in [0, 0.1) is 17.1 Å². The van der Waals surface area contributed by atoms with Gasteiger partial charge >= 0.3 is 6.01 Å². The van der Waals surface area contributed by atoms with E-state index >= 15 is 0 Å². The van der Waals surface area contributed by atoms with Gasteiger partial charge in [-0.3, -0.25) is 9.69 Å². The van der Waals surface area contributed by atoms with E-state index in [4.69, 9.17) is 26.3 Å². The van der Waals surface area contributed by atoms with Crippen LogP contribution in [0.5, 0.6) is 6.01 Å². The fourth-order valence-corrected chi connectivity index (χ4v) is 7.50. The molecule has 4 heterocycles. The highest BCUT2D eigenvalue weighted by Gasteiger charge is 2.39. The summed E-state index contributed by atoms with van der Waals surface area (Å²) in [6.07, 6.45) is 3.69. The van der Waals surface area contributed by atoms with E-state index < -0.39 is 23.6 Å². The molecule has 6 rings (SSSR count). The molecule has 1 aromatic heterocycles.